The Hall–Kier alpha value is -3.00. The summed E-state index contributed by atoms with van der Waals surface area (Å²) in [5.74, 6) is 0.0983. The summed E-state index contributed by atoms with van der Waals surface area (Å²) in [4.78, 5) is 30.4. The molecule has 0 spiro atoms. The number of hydrogen-bond acceptors (Lipinski definition) is 5. The minimum atomic E-state index is -0.605. The molecule has 2 aromatic heterocycles. The van der Waals surface area contributed by atoms with Gasteiger partial charge in [-0.1, -0.05) is 30.3 Å². The van der Waals surface area contributed by atoms with E-state index in [9.17, 15) is 9.59 Å². The molecule has 3 heterocycles. The SMILES string of the molecule is Cc1sc(C)c2c1CCC(NC(=O)c1nnc(Cc3ccccc3)[nH]1)C(=O)N2. The van der Waals surface area contributed by atoms with Gasteiger partial charge in [0.15, 0.2) is 0 Å². The first-order valence-electron chi connectivity index (χ1n) is 9.17. The summed E-state index contributed by atoms with van der Waals surface area (Å²) < 4.78 is 0. The second kappa shape index (κ2) is 7.55. The van der Waals surface area contributed by atoms with E-state index < -0.39 is 11.9 Å². The summed E-state index contributed by atoms with van der Waals surface area (Å²) >= 11 is 1.69. The van der Waals surface area contributed by atoms with Gasteiger partial charge >= 0.3 is 0 Å². The number of fused-ring (bicyclic) bond motifs is 1. The van der Waals surface area contributed by atoms with Crippen molar-refractivity contribution in [1.29, 1.82) is 0 Å². The van der Waals surface area contributed by atoms with Crippen LogP contribution in [0.4, 0.5) is 5.69 Å². The molecule has 8 heteroatoms. The monoisotopic (exact) mass is 395 g/mol. The number of anilines is 1. The molecule has 0 saturated carbocycles. The van der Waals surface area contributed by atoms with E-state index >= 15 is 0 Å². The van der Waals surface area contributed by atoms with Gasteiger partial charge in [-0.05, 0) is 37.8 Å². The van der Waals surface area contributed by atoms with Crippen LogP contribution in [-0.2, 0) is 17.6 Å². The van der Waals surface area contributed by atoms with E-state index in [1.165, 1.54) is 4.88 Å². The van der Waals surface area contributed by atoms with Crippen LogP contribution in [0, 0.1) is 13.8 Å². The first kappa shape index (κ1) is 18.4. The highest BCUT2D eigenvalue weighted by molar-refractivity contribution is 7.12. The molecule has 2 amide bonds. The highest BCUT2D eigenvalue weighted by atomic mass is 32.1. The molecule has 7 nitrogen and oxygen atoms in total. The van der Waals surface area contributed by atoms with Crippen molar-refractivity contribution >= 4 is 28.8 Å². The minimum Gasteiger partial charge on any atom is -0.337 e. The number of carbonyl (C=O) groups excluding carboxylic acids is 2. The lowest BCUT2D eigenvalue weighted by Crippen LogP contribution is -2.43. The number of amides is 2. The van der Waals surface area contributed by atoms with Crippen molar-refractivity contribution in [2.45, 2.75) is 39.2 Å². The predicted octanol–water partition coefficient (Wildman–Crippen LogP) is 2.76. The largest absolute Gasteiger partial charge is 0.337 e. The number of hydrogen-bond donors (Lipinski definition) is 3. The molecule has 1 atom stereocenters. The number of nitrogens with zero attached hydrogens (tertiary/aromatic N) is 2. The van der Waals surface area contributed by atoms with Crippen molar-refractivity contribution in [2.75, 3.05) is 5.32 Å². The van der Waals surface area contributed by atoms with Crippen molar-refractivity contribution in [3.05, 3.63) is 62.9 Å². The molecular weight excluding hydrogens is 374 g/mol. The average Bonchev–Trinajstić information content (AvgIpc) is 3.19. The maximum absolute atomic E-state index is 12.6. The summed E-state index contributed by atoms with van der Waals surface area (Å²) in [7, 11) is 0. The van der Waals surface area contributed by atoms with E-state index in [4.69, 9.17) is 0 Å². The van der Waals surface area contributed by atoms with Gasteiger partial charge in [-0.2, -0.15) is 0 Å². The van der Waals surface area contributed by atoms with Crippen LogP contribution in [0.5, 0.6) is 0 Å². The highest BCUT2D eigenvalue weighted by Gasteiger charge is 2.28. The first-order valence-corrected chi connectivity index (χ1v) is 9.99. The number of aromatic amines is 1. The molecule has 144 valence electrons. The number of nitrogens with one attached hydrogen (secondary N) is 3. The molecule has 1 aliphatic heterocycles. The third-order valence-electron chi connectivity index (χ3n) is 4.90. The van der Waals surface area contributed by atoms with Crippen molar-refractivity contribution in [2.24, 2.45) is 0 Å². The molecule has 1 unspecified atom stereocenters. The Kier molecular flexibility index (Phi) is 4.95. The maximum atomic E-state index is 12.6. The van der Waals surface area contributed by atoms with Crippen LogP contribution in [0.3, 0.4) is 0 Å². The van der Waals surface area contributed by atoms with Crippen molar-refractivity contribution < 1.29 is 9.59 Å². The summed E-state index contributed by atoms with van der Waals surface area (Å²) in [5.41, 5.74) is 3.14. The fraction of sp³-hybridized carbons (Fsp3) is 0.300. The molecule has 0 bridgehead atoms. The topological polar surface area (TPSA) is 99.8 Å². The van der Waals surface area contributed by atoms with Gasteiger partial charge in [0.25, 0.3) is 5.91 Å². The van der Waals surface area contributed by atoms with E-state index in [0.717, 1.165) is 28.1 Å². The molecule has 0 saturated heterocycles. The molecular formula is C20H21N5O2S. The third kappa shape index (κ3) is 3.68. The van der Waals surface area contributed by atoms with Crippen LogP contribution < -0.4 is 10.6 Å². The summed E-state index contributed by atoms with van der Waals surface area (Å²) in [6.07, 6.45) is 1.85. The summed E-state index contributed by atoms with van der Waals surface area (Å²) in [5, 5.41) is 13.7. The highest BCUT2D eigenvalue weighted by Crippen LogP contribution is 2.35. The molecule has 3 N–H and O–H groups in total. The quantitative estimate of drug-likeness (QED) is 0.632. The lowest BCUT2D eigenvalue weighted by molar-refractivity contribution is -0.118. The Bertz CT molecular complexity index is 1020. The summed E-state index contributed by atoms with van der Waals surface area (Å²) in [6, 6.07) is 9.22. The van der Waals surface area contributed by atoms with Crippen LogP contribution in [0.25, 0.3) is 0 Å². The zero-order valence-corrected chi connectivity index (χ0v) is 16.5. The van der Waals surface area contributed by atoms with Crippen LogP contribution in [0.15, 0.2) is 30.3 Å². The van der Waals surface area contributed by atoms with Crippen LogP contribution in [-0.4, -0.2) is 33.0 Å². The van der Waals surface area contributed by atoms with Gasteiger partial charge in [0.1, 0.15) is 11.9 Å². The zero-order valence-electron chi connectivity index (χ0n) is 15.7. The number of rotatable bonds is 4. The van der Waals surface area contributed by atoms with Crippen molar-refractivity contribution in [3.63, 3.8) is 0 Å². The van der Waals surface area contributed by atoms with Crippen molar-refractivity contribution in [1.82, 2.24) is 20.5 Å². The molecule has 0 fully saturated rings. The van der Waals surface area contributed by atoms with Gasteiger partial charge < -0.3 is 15.6 Å². The van der Waals surface area contributed by atoms with E-state index in [1.54, 1.807) is 11.3 Å². The number of benzene rings is 1. The molecule has 4 rings (SSSR count). The number of thiophene rings is 1. The molecule has 3 aromatic rings. The van der Waals surface area contributed by atoms with Gasteiger partial charge in [0.05, 0.1) is 5.69 Å². The second-order valence-electron chi connectivity index (χ2n) is 6.90. The zero-order chi connectivity index (χ0) is 19.7. The average molecular weight is 395 g/mol. The summed E-state index contributed by atoms with van der Waals surface area (Å²) in [6.45, 7) is 4.06. The third-order valence-corrected chi connectivity index (χ3v) is 5.96. The standard InChI is InChI=1S/C20H21N5O2S/c1-11-14-8-9-15(19(26)23-17(14)12(2)28-11)21-20(27)18-22-16(24-25-18)10-13-6-4-3-5-7-13/h3-7,15H,8-10H2,1-2H3,(H,21,27)(H,23,26)(H,22,24,25). The van der Waals surface area contributed by atoms with Gasteiger partial charge in [0, 0.05) is 16.2 Å². The Morgan fingerprint density at radius 3 is 2.79 bits per heavy atom. The van der Waals surface area contributed by atoms with E-state index in [2.05, 4.69) is 32.7 Å². The minimum absolute atomic E-state index is 0.115. The second-order valence-corrected chi connectivity index (χ2v) is 8.33. The van der Waals surface area contributed by atoms with E-state index in [-0.39, 0.29) is 11.7 Å². The number of carbonyl (C=O) groups is 2. The fourth-order valence-corrected chi connectivity index (χ4v) is 4.52. The Labute approximate surface area is 166 Å². The number of H-pyrrole nitrogens is 1. The maximum Gasteiger partial charge on any atom is 0.289 e. The Balaban J connectivity index is 1.43. The lowest BCUT2D eigenvalue weighted by Gasteiger charge is -2.14. The predicted molar refractivity (Wildman–Crippen MR) is 108 cm³/mol. The Morgan fingerprint density at radius 2 is 2.00 bits per heavy atom. The van der Waals surface area contributed by atoms with Crippen molar-refractivity contribution in [3.8, 4) is 0 Å². The Morgan fingerprint density at radius 1 is 1.21 bits per heavy atom. The van der Waals surface area contributed by atoms with Gasteiger partial charge in [-0.25, -0.2) is 0 Å². The first-order chi connectivity index (χ1) is 13.5. The van der Waals surface area contributed by atoms with Crippen LogP contribution >= 0.6 is 11.3 Å². The smallest absolute Gasteiger partial charge is 0.289 e. The van der Waals surface area contributed by atoms with E-state index in [1.807, 2.05) is 37.3 Å². The number of aromatic nitrogens is 3. The van der Waals surface area contributed by atoms with E-state index in [0.29, 0.717) is 18.7 Å². The molecule has 0 radical (unpaired) electrons. The van der Waals surface area contributed by atoms with Gasteiger partial charge in [0.2, 0.25) is 11.7 Å². The lowest BCUT2D eigenvalue weighted by atomic mass is 10.1. The van der Waals surface area contributed by atoms with Gasteiger partial charge in [-0.3, -0.25) is 9.59 Å². The molecule has 1 aromatic carbocycles. The fourth-order valence-electron chi connectivity index (χ4n) is 3.46. The molecule has 0 aliphatic carbocycles. The normalized spacial score (nSPS) is 16.2. The van der Waals surface area contributed by atoms with Gasteiger partial charge in [-0.15, -0.1) is 21.5 Å². The van der Waals surface area contributed by atoms with Crippen LogP contribution in [0.2, 0.25) is 0 Å². The van der Waals surface area contributed by atoms with Crippen LogP contribution in [0.1, 0.15) is 43.7 Å². The molecule has 1 aliphatic rings. The number of aryl methyl sites for hydroxylation is 2. The molecule has 28 heavy (non-hydrogen) atoms.